The third kappa shape index (κ3) is 5.78. The van der Waals surface area contributed by atoms with Crippen molar-refractivity contribution >= 4 is 29.2 Å². The predicted molar refractivity (Wildman–Crippen MR) is 193 cm³/mol. The van der Waals surface area contributed by atoms with Crippen molar-refractivity contribution in [1.29, 1.82) is 0 Å². The van der Waals surface area contributed by atoms with Gasteiger partial charge in [-0.15, -0.1) is 0 Å². The van der Waals surface area contributed by atoms with Crippen LogP contribution < -0.4 is 10.6 Å². The first-order valence-corrected chi connectivity index (χ1v) is 17.1. The second-order valence-corrected chi connectivity index (χ2v) is 13.3. The van der Waals surface area contributed by atoms with Gasteiger partial charge >= 0.3 is 12.1 Å². The standard InChI is InChI=1S/C40H41N5O5/c1-7-25-20(2)28-18-33-37(45-40(48)50-19-24-11-9-8-10-12-24)23(5)31(42-33)16-29-21(3)26(13-14-35(47)49-6)38(43-29)27-15-34(46)36-22(4)30(44-39(27)36)17-32(25)41-28/h8-12,16-18,21,26,43,46H,7,13-15,19H2,1-6H3,(H,45,48)/t21-,26-/m0/s1. The Balaban J connectivity index is 1.36. The SMILES string of the molecule is CCC1=C(C)C2=NC1=CC1=C(C)C3=C(O)CC(=C4NC(=CC5=NC(=C2)C(NC(=O)OCc2ccccc2)=C5C)[C@@H](C)[C@@H]4CCC(=O)OC)C3=N1. The highest BCUT2D eigenvalue weighted by molar-refractivity contribution is 6.21. The molecule has 50 heavy (non-hydrogen) atoms. The maximum absolute atomic E-state index is 13.2. The zero-order chi connectivity index (χ0) is 35.3. The van der Waals surface area contributed by atoms with Gasteiger partial charge in [0.05, 0.1) is 47.0 Å². The summed E-state index contributed by atoms with van der Waals surface area (Å²) in [4.78, 5) is 40.7. The molecule has 0 saturated carbocycles. The number of amides is 1. The lowest BCUT2D eigenvalue weighted by Gasteiger charge is -2.17. The largest absolute Gasteiger partial charge is 0.511 e. The molecule has 2 atom stereocenters. The number of allylic oxidation sites excluding steroid dienone is 11. The van der Waals surface area contributed by atoms with Crippen LogP contribution in [0.1, 0.15) is 65.9 Å². The summed E-state index contributed by atoms with van der Waals surface area (Å²) in [6.07, 6.45) is 7.26. The molecule has 10 nitrogen and oxygen atoms in total. The summed E-state index contributed by atoms with van der Waals surface area (Å²) in [5.41, 5.74) is 13.1. The lowest BCUT2D eigenvalue weighted by molar-refractivity contribution is -0.140. The molecule has 1 saturated heterocycles. The van der Waals surface area contributed by atoms with Gasteiger partial charge in [-0.25, -0.2) is 19.8 Å². The van der Waals surface area contributed by atoms with Crippen LogP contribution >= 0.6 is 0 Å². The Kier molecular flexibility index (Phi) is 8.63. The van der Waals surface area contributed by atoms with Crippen molar-refractivity contribution in [2.45, 2.75) is 66.9 Å². The highest BCUT2D eigenvalue weighted by Gasteiger charge is 2.41. The molecule has 7 rings (SSSR count). The van der Waals surface area contributed by atoms with Crippen LogP contribution in [0.4, 0.5) is 4.79 Å². The highest BCUT2D eigenvalue weighted by atomic mass is 16.5. The normalized spacial score (nSPS) is 22.4. The summed E-state index contributed by atoms with van der Waals surface area (Å²) in [6, 6.07) is 9.54. The van der Waals surface area contributed by atoms with E-state index in [4.69, 9.17) is 24.5 Å². The minimum absolute atomic E-state index is 0.0184. The smallest absolute Gasteiger partial charge is 0.412 e. The van der Waals surface area contributed by atoms with Crippen molar-refractivity contribution in [1.82, 2.24) is 10.6 Å². The second-order valence-electron chi connectivity index (χ2n) is 13.3. The number of nitrogens with zero attached hydrogens (tertiary/aromatic N) is 3. The lowest BCUT2D eigenvalue weighted by Crippen LogP contribution is -2.25. The number of hydrogen-bond acceptors (Lipinski definition) is 9. The number of carbonyl (C=O) groups excluding carboxylic acids is 2. The molecule has 1 fully saturated rings. The first-order chi connectivity index (χ1) is 24.1. The maximum Gasteiger partial charge on any atom is 0.412 e. The maximum atomic E-state index is 13.2. The van der Waals surface area contributed by atoms with Gasteiger partial charge in [0.15, 0.2) is 0 Å². The van der Waals surface area contributed by atoms with E-state index in [2.05, 4.69) is 31.4 Å². The van der Waals surface area contributed by atoms with E-state index < -0.39 is 6.09 Å². The van der Waals surface area contributed by atoms with E-state index in [-0.39, 0.29) is 36.6 Å². The van der Waals surface area contributed by atoms with Crippen molar-refractivity contribution in [2.24, 2.45) is 26.8 Å². The van der Waals surface area contributed by atoms with Gasteiger partial charge < -0.3 is 19.9 Å². The average molecular weight is 672 g/mol. The summed E-state index contributed by atoms with van der Waals surface area (Å²) in [5.74, 6) is -0.0641. The molecule has 256 valence electrons. The third-order valence-corrected chi connectivity index (χ3v) is 10.4. The lowest BCUT2D eigenvalue weighted by atomic mass is 9.86. The first kappa shape index (κ1) is 33.0. The fourth-order valence-corrected chi connectivity index (χ4v) is 7.50. The number of esters is 1. The molecule has 8 bridgehead atoms. The Bertz CT molecular complexity index is 2080. The third-order valence-electron chi connectivity index (χ3n) is 10.4. The molecule has 1 aromatic rings. The molecule has 1 aromatic carbocycles. The van der Waals surface area contributed by atoms with Crippen molar-refractivity contribution < 1.29 is 24.2 Å². The topological polar surface area (TPSA) is 134 Å². The van der Waals surface area contributed by atoms with Crippen molar-refractivity contribution in [3.8, 4) is 0 Å². The van der Waals surface area contributed by atoms with Gasteiger partial charge in [-0.3, -0.25) is 10.1 Å². The minimum atomic E-state index is -0.580. The Labute approximate surface area is 291 Å². The highest BCUT2D eigenvalue weighted by Crippen LogP contribution is 2.46. The number of ether oxygens (including phenoxy) is 2. The predicted octanol–water partition coefficient (Wildman–Crippen LogP) is 7.50. The number of fused-ring (bicyclic) bond motifs is 5. The van der Waals surface area contributed by atoms with Crippen LogP contribution in [-0.4, -0.2) is 41.4 Å². The van der Waals surface area contributed by atoms with Crippen LogP contribution in [0.3, 0.4) is 0 Å². The number of nitrogens with one attached hydrogen (secondary N) is 2. The summed E-state index contributed by atoms with van der Waals surface area (Å²) in [7, 11) is 1.40. The molecular weight excluding hydrogens is 630 g/mol. The number of aliphatic imine (C=N–C) groups is 3. The van der Waals surface area contributed by atoms with Crippen LogP contribution in [0, 0.1) is 11.8 Å². The quantitative estimate of drug-likeness (QED) is 0.257. The summed E-state index contributed by atoms with van der Waals surface area (Å²) in [6.45, 7) is 10.3. The van der Waals surface area contributed by atoms with Gasteiger partial charge in [-0.2, -0.15) is 0 Å². The van der Waals surface area contributed by atoms with Gasteiger partial charge in [0, 0.05) is 52.8 Å². The van der Waals surface area contributed by atoms with E-state index in [0.717, 1.165) is 79.6 Å². The van der Waals surface area contributed by atoms with E-state index in [9.17, 15) is 14.7 Å². The Hall–Kier alpha value is -5.51. The van der Waals surface area contributed by atoms with Gasteiger partial charge in [-0.05, 0) is 74.1 Å². The van der Waals surface area contributed by atoms with Crippen molar-refractivity contribution in [3.05, 3.63) is 128 Å². The van der Waals surface area contributed by atoms with Gasteiger partial charge in [0.1, 0.15) is 12.4 Å². The van der Waals surface area contributed by atoms with E-state index in [0.29, 0.717) is 29.9 Å². The van der Waals surface area contributed by atoms with E-state index in [1.165, 1.54) is 7.11 Å². The number of methoxy groups -OCH3 is 1. The first-order valence-electron chi connectivity index (χ1n) is 17.1. The minimum Gasteiger partial charge on any atom is -0.511 e. The van der Waals surface area contributed by atoms with Gasteiger partial charge in [0.2, 0.25) is 0 Å². The van der Waals surface area contributed by atoms with Crippen LogP contribution in [-0.2, 0) is 20.9 Å². The van der Waals surface area contributed by atoms with Crippen molar-refractivity contribution in [2.75, 3.05) is 7.11 Å². The summed E-state index contributed by atoms with van der Waals surface area (Å²) in [5, 5.41) is 17.9. The molecule has 0 unspecified atom stereocenters. The van der Waals surface area contributed by atoms with Crippen LogP contribution in [0.5, 0.6) is 0 Å². The zero-order valence-electron chi connectivity index (χ0n) is 29.2. The number of benzene rings is 1. The molecule has 6 aliphatic rings. The number of carbonyl (C=O) groups is 2. The second kappa shape index (κ2) is 13.1. The fraction of sp³-hybridized carbons (Fsp3) is 0.325. The molecule has 0 spiro atoms. The van der Waals surface area contributed by atoms with E-state index in [1.54, 1.807) is 0 Å². The molecule has 3 N–H and O–H groups in total. The van der Waals surface area contributed by atoms with Gasteiger partial charge in [-0.1, -0.05) is 44.2 Å². The molecule has 5 heterocycles. The molecular formula is C40H41N5O5. The number of rotatable bonds is 7. The molecule has 0 radical (unpaired) electrons. The molecule has 10 heteroatoms. The molecule has 1 aliphatic carbocycles. The number of alkyl carbamates (subject to hydrolysis) is 1. The Morgan fingerprint density at radius 2 is 1.72 bits per heavy atom. The van der Waals surface area contributed by atoms with E-state index >= 15 is 0 Å². The van der Waals surface area contributed by atoms with Crippen LogP contribution in [0.2, 0.25) is 0 Å². The van der Waals surface area contributed by atoms with E-state index in [1.807, 2.05) is 62.4 Å². The van der Waals surface area contributed by atoms with Gasteiger partial charge in [0.25, 0.3) is 0 Å². The monoisotopic (exact) mass is 671 g/mol. The Morgan fingerprint density at radius 3 is 2.46 bits per heavy atom. The number of aliphatic hydroxyl groups is 1. The zero-order valence-corrected chi connectivity index (χ0v) is 29.2. The average Bonchev–Trinajstić information content (AvgIpc) is 3.86. The Morgan fingerprint density at radius 1 is 0.980 bits per heavy atom. The molecule has 0 aromatic heterocycles. The number of hydrogen-bond donors (Lipinski definition) is 3. The number of aliphatic hydroxyl groups excluding tert-OH is 1. The van der Waals surface area contributed by atoms with Crippen molar-refractivity contribution in [3.63, 3.8) is 0 Å². The molecule has 1 amide bonds. The fourth-order valence-electron chi connectivity index (χ4n) is 7.50. The summed E-state index contributed by atoms with van der Waals surface area (Å²) < 4.78 is 10.6. The molecule has 5 aliphatic heterocycles. The van der Waals surface area contributed by atoms with Crippen LogP contribution in [0.15, 0.2) is 137 Å². The summed E-state index contributed by atoms with van der Waals surface area (Å²) >= 11 is 0. The van der Waals surface area contributed by atoms with Crippen LogP contribution in [0.25, 0.3) is 0 Å².